The minimum Gasteiger partial charge on any atom is -0.507 e. The van der Waals surface area contributed by atoms with Crippen molar-refractivity contribution in [1.29, 1.82) is 0 Å². The number of nitrogens with zero attached hydrogens (tertiary/aromatic N) is 1. The third kappa shape index (κ3) is 7.39. The van der Waals surface area contributed by atoms with Crippen LogP contribution in [0.1, 0.15) is 122 Å². The van der Waals surface area contributed by atoms with Gasteiger partial charge in [0, 0.05) is 24.2 Å². The molecule has 3 aromatic rings. The fourth-order valence-electron chi connectivity index (χ4n) is 5.16. The Morgan fingerprint density at radius 1 is 0.537 bits per heavy atom. The molecule has 0 saturated carbocycles. The van der Waals surface area contributed by atoms with Gasteiger partial charge < -0.3 is 20.2 Å². The fraction of sp³-hybridized carbons (Fsp3) is 0.514. The molecule has 0 fully saturated rings. The Bertz CT molecular complexity index is 1320. The van der Waals surface area contributed by atoms with Crippen molar-refractivity contribution in [3.8, 4) is 17.2 Å². The van der Waals surface area contributed by atoms with Gasteiger partial charge >= 0.3 is 0 Å². The summed E-state index contributed by atoms with van der Waals surface area (Å²) in [6, 6.07) is 14.0. The van der Waals surface area contributed by atoms with Crippen LogP contribution in [-0.2, 0) is 34.7 Å². The predicted molar refractivity (Wildman–Crippen MR) is 174 cm³/mol. The van der Waals surface area contributed by atoms with Crippen molar-refractivity contribution in [2.75, 3.05) is 4.90 Å². The highest BCUT2D eigenvalue weighted by Crippen LogP contribution is 2.42. The molecule has 0 atom stereocenters. The molecular weight excluding hydrogens is 506 g/mol. The van der Waals surface area contributed by atoms with E-state index in [-0.39, 0.29) is 38.9 Å². The molecule has 0 amide bonds. The van der Waals surface area contributed by atoms with Gasteiger partial charge in [-0.3, -0.25) is 0 Å². The number of benzene rings is 3. The van der Waals surface area contributed by atoms with Crippen LogP contribution in [0.3, 0.4) is 0 Å². The van der Waals surface area contributed by atoms with Crippen LogP contribution in [0.25, 0.3) is 0 Å². The van der Waals surface area contributed by atoms with Crippen LogP contribution in [0.4, 0.5) is 5.69 Å². The van der Waals surface area contributed by atoms with E-state index in [0.717, 1.165) is 38.9 Å². The van der Waals surface area contributed by atoms with Crippen LogP contribution in [-0.4, -0.2) is 15.3 Å². The molecule has 0 unspecified atom stereocenters. The standard InChI is InChI=1S/C37H53NO3/c1-23-14-15-31(39)30(16-23)38(21-24-17-26(34(2,3)4)19-28(32(24)40)36(8,9)10)22-25-18-27(35(5,6)7)20-29(33(25)41)37(11,12)13/h14-20,39-41H,21-22H2,1-13H3. The first kappa shape index (κ1) is 32.4. The SMILES string of the molecule is Cc1ccc(O)c(N(Cc2cc(C(C)(C)C)cc(C(C)(C)C)c2O)Cc2cc(C(C)(C)C)cc(C(C)(C)C)c2O)c1. The monoisotopic (exact) mass is 559 g/mol. The van der Waals surface area contributed by atoms with Crippen molar-refractivity contribution >= 4 is 5.69 Å². The summed E-state index contributed by atoms with van der Waals surface area (Å²) in [7, 11) is 0. The van der Waals surface area contributed by atoms with E-state index in [2.05, 4.69) is 112 Å². The van der Waals surface area contributed by atoms with E-state index in [4.69, 9.17) is 0 Å². The van der Waals surface area contributed by atoms with Gasteiger partial charge in [0.15, 0.2) is 0 Å². The quantitative estimate of drug-likeness (QED) is 0.291. The van der Waals surface area contributed by atoms with Crippen LogP contribution in [0.5, 0.6) is 17.2 Å². The molecular formula is C37H53NO3. The number of aromatic hydroxyl groups is 3. The second-order valence-corrected chi connectivity index (χ2v) is 15.9. The normalized spacial score (nSPS) is 13.0. The maximum Gasteiger partial charge on any atom is 0.138 e. The lowest BCUT2D eigenvalue weighted by molar-refractivity contribution is 0.433. The summed E-state index contributed by atoms with van der Waals surface area (Å²) in [6.07, 6.45) is 0. The lowest BCUT2D eigenvalue weighted by Gasteiger charge is -2.32. The topological polar surface area (TPSA) is 63.9 Å². The third-order valence-corrected chi connectivity index (χ3v) is 7.92. The molecule has 4 nitrogen and oxygen atoms in total. The smallest absolute Gasteiger partial charge is 0.138 e. The molecule has 3 rings (SSSR count). The Morgan fingerprint density at radius 3 is 1.27 bits per heavy atom. The Morgan fingerprint density at radius 2 is 0.927 bits per heavy atom. The second-order valence-electron chi connectivity index (χ2n) is 15.9. The van der Waals surface area contributed by atoms with Gasteiger partial charge in [-0.05, 0) is 80.7 Å². The molecule has 0 radical (unpaired) electrons. The van der Waals surface area contributed by atoms with E-state index >= 15 is 0 Å². The number of aryl methyl sites for hydroxylation is 1. The molecule has 0 saturated heterocycles. The van der Waals surface area contributed by atoms with E-state index in [1.165, 1.54) is 0 Å². The summed E-state index contributed by atoms with van der Waals surface area (Å²) in [6.45, 7) is 28.5. The van der Waals surface area contributed by atoms with Crippen molar-refractivity contribution < 1.29 is 15.3 Å². The van der Waals surface area contributed by atoms with Crippen LogP contribution < -0.4 is 4.90 Å². The summed E-state index contributed by atoms with van der Waals surface area (Å²) in [5, 5.41) is 34.3. The largest absolute Gasteiger partial charge is 0.507 e. The highest BCUT2D eigenvalue weighted by molar-refractivity contribution is 5.62. The Kier molecular flexibility index (Phi) is 8.63. The first-order valence-electron chi connectivity index (χ1n) is 14.8. The molecule has 0 aliphatic heterocycles. The van der Waals surface area contributed by atoms with Gasteiger partial charge in [0.2, 0.25) is 0 Å². The summed E-state index contributed by atoms with van der Waals surface area (Å²) in [5.41, 5.74) is 6.66. The predicted octanol–water partition coefficient (Wildman–Crippen LogP) is 9.51. The Hall–Kier alpha value is -3.14. The number of anilines is 1. The van der Waals surface area contributed by atoms with Crippen molar-refractivity contribution in [3.63, 3.8) is 0 Å². The average molecular weight is 560 g/mol. The number of hydrogen-bond acceptors (Lipinski definition) is 4. The molecule has 3 aromatic carbocycles. The highest BCUT2D eigenvalue weighted by Gasteiger charge is 2.29. The Balaban J connectivity index is 2.29. The lowest BCUT2D eigenvalue weighted by atomic mass is 9.78. The van der Waals surface area contributed by atoms with E-state index < -0.39 is 0 Å². The van der Waals surface area contributed by atoms with Crippen LogP contribution in [0.2, 0.25) is 0 Å². The van der Waals surface area contributed by atoms with Crippen LogP contribution in [0.15, 0.2) is 42.5 Å². The maximum atomic E-state index is 11.6. The molecule has 41 heavy (non-hydrogen) atoms. The van der Waals surface area contributed by atoms with Crippen LogP contribution >= 0.6 is 0 Å². The van der Waals surface area contributed by atoms with Gasteiger partial charge in [-0.1, -0.05) is 101 Å². The van der Waals surface area contributed by atoms with Gasteiger partial charge in [-0.2, -0.15) is 0 Å². The van der Waals surface area contributed by atoms with Crippen molar-refractivity contribution in [1.82, 2.24) is 0 Å². The average Bonchev–Trinajstić information content (AvgIpc) is 2.79. The Labute approximate surface area is 249 Å². The maximum absolute atomic E-state index is 11.6. The number of hydrogen-bond donors (Lipinski definition) is 3. The number of phenolic OH excluding ortho intramolecular Hbond substituents is 3. The zero-order valence-electron chi connectivity index (χ0n) is 27.7. The van der Waals surface area contributed by atoms with Gasteiger partial charge in [-0.15, -0.1) is 0 Å². The van der Waals surface area contributed by atoms with E-state index in [1.807, 2.05) is 19.1 Å². The molecule has 0 bridgehead atoms. The van der Waals surface area contributed by atoms with E-state index in [9.17, 15) is 15.3 Å². The zero-order chi connectivity index (χ0) is 31.3. The summed E-state index contributed by atoms with van der Waals surface area (Å²) in [5.74, 6) is 0.733. The van der Waals surface area contributed by atoms with Gasteiger partial charge in [0.1, 0.15) is 17.2 Å². The minimum atomic E-state index is -0.253. The molecule has 0 aromatic heterocycles. The van der Waals surface area contributed by atoms with Crippen molar-refractivity contribution in [2.24, 2.45) is 0 Å². The highest BCUT2D eigenvalue weighted by atomic mass is 16.3. The first-order chi connectivity index (χ1) is 18.5. The van der Waals surface area contributed by atoms with E-state index in [0.29, 0.717) is 18.8 Å². The molecule has 4 heteroatoms. The van der Waals surface area contributed by atoms with Gasteiger partial charge in [0.05, 0.1) is 5.69 Å². The summed E-state index contributed by atoms with van der Waals surface area (Å²) in [4.78, 5) is 2.07. The molecule has 0 heterocycles. The summed E-state index contributed by atoms with van der Waals surface area (Å²) < 4.78 is 0. The number of phenols is 3. The van der Waals surface area contributed by atoms with E-state index in [1.54, 1.807) is 6.07 Å². The molecule has 3 N–H and O–H groups in total. The lowest BCUT2D eigenvalue weighted by Crippen LogP contribution is -2.25. The van der Waals surface area contributed by atoms with Crippen molar-refractivity contribution in [2.45, 2.75) is 125 Å². The minimum absolute atomic E-state index is 0.111. The van der Waals surface area contributed by atoms with Gasteiger partial charge in [0.25, 0.3) is 0 Å². The third-order valence-electron chi connectivity index (χ3n) is 7.92. The number of rotatable bonds is 5. The molecule has 0 aliphatic rings. The zero-order valence-corrected chi connectivity index (χ0v) is 27.7. The van der Waals surface area contributed by atoms with Gasteiger partial charge in [-0.25, -0.2) is 0 Å². The summed E-state index contributed by atoms with van der Waals surface area (Å²) >= 11 is 0. The second kappa shape index (κ2) is 10.9. The molecule has 0 spiro atoms. The van der Waals surface area contributed by atoms with Crippen molar-refractivity contribution in [3.05, 3.63) is 81.4 Å². The first-order valence-corrected chi connectivity index (χ1v) is 14.8. The van der Waals surface area contributed by atoms with Crippen LogP contribution in [0, 0.1) is 6.92 Å². The molecule has 0 aliphatic carbocycles. The fourth-order valence-corrected chi connectivity index (χ4v) is 5.16. The molecule has 224 valence electrons.